The number of anilines is 2. The van der Waals surface area contributed by atoms with Crippen LogP contribution in [0.5, 0.6) is 0 Å². The number of hydrogen-bond donors (Lipinski definition) is 2. The number of aryl methyl sites for hydroxylation is 1. The molecular formula is C10H16N4O2. The van der Waals surface area contributed by atoms with E-state index < -0.39 is 11.7 Å². The molecule has 0 saturated heterocycles. The summed E-state index contributed by atoms with van der Waals surface area (Å²) in [4.78, 5) is 19.2. The van der Waals surface area contributed by atoms with Crippen LogP contribution in [-0.4, -0.2) is 21.7 Å². The first-order valence-electron chi connectivity index (χ1n) is 4.87. The number of nitrogen functional groups attached to an aromatic ring is 1. The van der Waals surface area contributed by atoms with Crippen LogP contribution in [-0.2, 0) is 4.74 Å². The number of hydrogen-bond acceptors (Lipinski definition) is 5. The standard InChI is InChI=1S/C10H16N4O2/c1-6-5-7(13-8(11)12-6)14-9(15)16-10(2,3)4/h5H,1-4H3,(H3,11,12,13,14,15). The van der Waals surface area contributed by atoms with Crippen LogP contribution < -0.4 is 11.1 Å². The van der Waals surface area contributed by atoms with E-state index in [9.17, 15) is 4.79 Å². The zero-order chi connectivity index (χ0) is 12.3. The van der Waals surface area contributed by atoms with E-state index >= 15 is 0 Å². The van der Waals surface area contributed by atoms with Crippen molar-refractivity contribution in [1.82, 2.24) is 9.97 Å². The Labute approximate surface area is 94.2 Å². The minimum absolute atomic E-state index is 0.117. The summed E-state index contributed by atoms with van der Waals surface area (Å²) in [6.45, 7) is 7.11. The van der Waals surface area contributed by atoms with Crippen LogP contribution in [0.1, 0.15) is 26.5 Å². The molecule has 6 nitrogen and oxygen atoms in total. The van der Waals surface area contributed by atoms with Crippen molar-refractivity contribution < 1.29 is 9.53 Å². The van der Waals surface area contributed by atoms with Crippen LogP contribution in [0.4, 0.5) is 16.6 Å². The number of nitrogens with two attached hydrogens (primary N) is 1. The lowest BCUT2D eigenvalue weighted by Crippen LogP contribution is -2.27. The van der Waals surface area contributed by atoms with Crippen LogP contribution in [0.15, 0.2) is 6.07 Å². The number of carbonyl (C=O) groups is 1. The van der Waals surface area contributed by atoms with Gasteiger partial charge in [0.05, 0.1) is 0 Å². The van der Waals surface area contributed by atoms with Crippen molar-refractivity contribution in [3.8, 4) is 0 Å². The van der Waals surface area contributed by atoms with Gasteiger partial charge in [0.25, 0.3) is 0 Å². The number of aromatic nitrogens is 2. The van der Waals surface area contributed by atoms with Gasteiger partial charge in [-0.15, -0.1) is 0 Å². The first-order chi connectivity index (χ1) is 7.26. The maximum absolute atomic E-state index is 11.4. The zero-order valence-corrected chi connectivity index (χ0v) is 9.87. The van der Waals surface area contributed by atoms with Crippen molar-refractivity contribution >= 4 is 17.9 Å². The Balaban J connectivity index is 2.70. The van der Waals surface area contributed by atoms with E-state index in [-0.39, 0.29) is 5.95 Å². The minimum atomic E-state index is -0.565. The third-order valence-electron chi connectivity index (χ3n) is 1.50. The molecule has 0 unspecified atom stereocenters. The molecule has 88 valence electrons. The molecular weight excluding hydrogens is 208 g/mol. The van der Waals surface area contributed by atoms with Gasteiger partial charge in [0, 0.05) is 11.8 Å². The molecule has 0 radical (unpaired) electrons. The van der Waals surface area contributed by atoms with E-state index in [1.165, 1.54) is 0 Å². The van der Waals surface area contributed by atoms with Gasteiger partial charge in [-0.25, -0.2) is 9.78 Å². The minimum Gasteiger partial charge on any atom is -0.444 e. The van der Waals surface area contributed by atoms with E-state index in [2.05, 4.69) is 15.3 Å². The molecule has 0 saturated carbocycles. The quantitative estimate of drug-likeness (QED) is 0.757. The topological polar surface area (TPSA) is 90.1 Å². The number of rotatable bonds is 1. The fraction of sp³-hybridized carbons (Fsp3) is 0.500. The fourth-order valence-corrected chi connectivity index (χ4v) is 1.06. The van der Waals surface area contributed by atoms with Crippen molar-refractivity contribution in [3.63, 3.8) is 0 Å². The third-order valence-corrected chi connectivity index (χ3v) is 1.50. The molecule has 0 aliphatic heterocycles. The monoisotopic (exact) mass is 224 g/mol. The normalized spacial score (nSPS) is 11.0. The Morgan fingerprint density at radius 1 is 1.44 bits per heavy atom. The average molecular weight is 224 g/mol. The summed E-state index contributed by atoms with van der Waals surface area (Å²) >= 11 is 0. The molecule has 0 aliphatic carbocycles. The lowest BCUT2D eigenvalue weighted by Gasteiger charge is -2.19. The molecule has 0 aromatic carbocycles. The molecule has 1 aromatic heterocycles. The van der Waals surface area contributed by atoms with Crippen molar-refractivity contribution in [2.45, 2.75) is 33.3 Å². The largest absolute Gasteiger partial charge is 0.444 e. The van der Waals surface area contributed by atoms with Crippen LogP contribution in [0.2, 0.25) is 0 Å². The summed E-state index contributed by atoms with van der Waals surface area (Å²) in [5.41, 5.74) is 5.58. The second-order valence-electron chi connectivity index (χ2n) is 4.38. The van der Waals surface area contributed by atoms with Crippen LogP contribution in [0.3, 0.4) is 0 Å². The Kier molecular flexibility index (Phi) is 3.31. The maximum Gasteiger partial charge on any atom is 0.413 e. The lowest BCUT2D eigenvalue weighted by atomic mass is 10.2. The second kappa shape index (κ2) is 4.34. The maximum atomic E-state index is 11.4. The summed E-state index contributed by atoms with van der Waals surface area (Å²) in [5.74, 6) is 0.449. The van der Waals surface area contributed by atoms with Gasteiger partial charge in [0.15, 0.2) is 0 Å². The van der Waals surface area contributed by atoms with Gasteiger partial charge >= 0.3 is 6.09 Å². The third kappa shape index (κ3) is 4.12. The number of carbonyl (C=O) groups excluding carboxylic acids is 1. The van der Waals surface area contributed by atoms with Gasteiger partial charge in [0.2, 0.25) is 5.95 Å². The Bertz CT molecular complexity index is 378. The van der Waals surface area contributed by atoms with Gasteiger partial charge in [-0.1, -0.05) is 0 Å². The van der Waals surface area contributed by atoms with Gasteiger partial charge in [-0.2, -0.15) is 4.98 Å². The van der Waals surface area contributed by atoms with Crippen LogP contribution in [0.25, 0.3) is 0 Å². The highest BCUT2D eigenvalue weighted by molar-refractivity contribution is 5.83. The molecule has 1 amide bonds. The molecule has 0 fully saturated rings. The molecule has 0 bridgehead atoms. The Morgan fingerprint density at radius 3 is 2.56 bits per heavy atom. The van der Waals surface area contributed by atoms with Gasteiger partial charge in [-0.05, 0) is 27.7 Å². The van der Waals surface area contributed by atoms with Gasteiger partial charge in [-0.3, -0.25) is 5.32 Å². The van der Waals surface area contributed by atoms with E-state index in [4.69, 9.17) is 10.5 Å². The van der Waals surface area contributed by atoms with Gasteiger partial charge in [0.1, 0.15) is 11.4 Å². The average Bonchev–Trinajstić information content (AvgIpc) is 1.96. The Hall–Kier alpha value is -1.85. The smallest absolute Gasteiger partial charge is 0.413 e. The number of nitrogens with zero attached hydrogens (tertiary/aromatic N) is 2. The fourth-order valence-electron chi connectivity index (χ4n) is 1.06. The molecule has 16 heavy (non-hydrogen) atoms. The van der Waals surface area contributed by atoms with Gasteiger partial charge < -0.3 is 10.5 Å². The van der Waals surface area contributed by atoms with Crippen molar-refractivity contribution in [3.05, 3.63) is 11.8 Å². The SMILES string of the molecule is Cc1cc(NC(=O)OC(C)(C)C)nc(N)n1. The predicted octanol–water partition coefficient (Wildman–Crippen LogP) is 1.71. The summed E-state index contributed by atoms with van der Waals surface area (Å²) < 4.78 is 5.07. The first kappa shape index (κ1) is 12.2. The van der Waals surface area contributed by atoms with E-state index in [1.807, 2.05) is 0 Å². The summed E-state index contributed by atoms with van der Waals surface area (Å²) in [7, 11) is 0. The molecule has 0 aliphatic rings. The lowest BCUT2D eigenvalue weighted by molar-refractivity contribution is 0.0635. The number of amides is 1. The van der Waals surface area contributed by atoms with E-state index in [0.29, 0.717) is 11.5 Å². The summed E-state index contributed by atoms with van der Waals surface area (Å²) in [6.07, 6.45) is -0.565. The molecule has 0 spiro atoms. The molecule has 1 rings (SSSR count). The highest BCUT2D eigenvalue weighted by Crippen LogP contribution is 2.11. The van der Waals surface area contributed by atoms with Crippen molar-refractivity contribution in [1.29, 1.82) is 0 Å². The van der Waals surface area contributed by atoms with Crippen molar-refractivity contribution in [2.75, 3.05) is 11.1 Å². The second-order valence-corrected chi connectivity index (χ2v) is 4.38. The van der Waals surface area contributed by atoms with Crippen LogP contribution >= 0.6 is 0 Å². The Morgan fingerprint density at radius 2 is 2.06 bits per heavy atom. The van der Waals surface area contributed by atoms with E-state index in [0.717, 1.165) is 0 Å². The first-order valence-corrected chi connectivity index (χ1v) is 4.87. The predicted molar refractivity (Wildman–Crippen MR) is 61.0 cm³/mol. The van der Waals surface area contributed by atoms with E-state index in [1.54, 1.807) is 33.8 Å². The number of nitrogens with one attached hydrogen (secondary N) is 1. The molecule has 6 heteroatoms. The number of ether oxygens (including phenoxy) is 1. The highest BCUT2D eigenvalue weighted by atomic mass is 16.6. The summed E-state index contributed by atoms with van der Waals surface area (Å²) in [5, 5.41) is 2.49. The zero-order valence-electron chi connectivity index (χ0n) is 9.87. The highest BCUT2D eigenvalue weighted by Gasteiger charge is 2.16. The van der Waals surface area contributed by atoms with Crippen LogP contribution in [0, 0.1) is 6.92 Å². The summed E-state index contributed by atoms with van der Waals surface area (Å²) in [6, 6.07) is 1.61. The molecule has 0 atom stereocenters. The molecule has 1 aromatic rings. The molecule has 1 heterocycles. The molecule has 3 N–H and O–H groups in total. The van der Waals surface area contributed by atoms with Crippen molar-refractivity contribution in [2.24, 2.45) is 0 Å².